The Morgan fingerprint density at radius 3 is 2.68 bits per heavy atom. The van der Waals surface area contributed by atoms with Crippen molar-refractivity contribution in [3.63, 3.8) is 0 Å². The third kappa shape index (κ3) is 3.49. The van der Waals surface area contributed by atoms with E-state index in [2.05, 4.69) is 15.3 Å². The van der Waals surface area contributed by atoms with E-state index in [1.54, 1.807) is 17.7 Å². The lowest BCUT2D eigenvalue weighted by atomic mass is 10.1. The van der Waals surface area contributed by atoms with Crippen LogP contribution in [0.2, 0.25) is 0 Å². The van der Waals surface area contributed by atoms with E-state index in [-0.39, 0.29) is 5.91 Å². The van der Waals surface area contributed by atoms with Gasteiger partial charge in [0.15, 0.2) is 0 Å². The summed E-state index contributed by atoms with van der Waals surface area (Å²) in [5, 5.41) is 6.43. The fourth-order valence-corrected chi connectivity index (χ4v) is 3.89. The minimum atomic E-state index is 0.148. The smallest absolute Gasteiger partial charge is 0.253 e. The molecule has 2 aromatic heterocycles. The highest BCUT2D eigenvalue weighted by Crippen LogP contribution is 2.24. The van der Waals surface area contributed by atoms with E-state index in [1.165, 1.54) is 6.42 Å². The van der Waals surface area contributed by atoms with E-state index in [0.29, 0.717) is 6.54 Å². The van der Waals surface area contributed by atoms with Gasteiger partial charge in [0.2, 0.25) is 0 Å². The number of nitrogens with zero attached hydrogens (tertiary/aromatic N) is 3. The molecule has 0 saturated carbocycles. The summed E-state index contributed by atoms with van der Waals surface area (Å²) in [5.41, 5.74) is 1.89. The van der Waals surface area contributed by atoms with Gasteiger partial charge in [-0.2, -0.15) is 0 Å². The SMILES string of the molecule is O=C(c1ccc(CNc2ncnc3sccc23)cc1)N1CCCCC1. The average Bonchev–Trinajstić information content (AvgIpc) is 3.16. The summed E-state index contributed by atoms with van der Waals surface area (Å²) in [6.07, 6.45) is 5.05. The van der Waals surface area contributed by atoms with Crippen molar-refractivity contribution in [2.75, 3.05) is 18.4 Å². The second-order valence-corrected chi connectivity index (χ2v) is 7.16. The van der Waals surface area contributed by atoms with Crippen molar-refractivity contribution >= 4 is 33.3 Å². The predicted octanol–water partition coefficient (Wildman–Crippen LogP) is 3.93. The zero-order valence-corrected chi connectivity index (χ0v) is 14.8. The predicted molar refractivity (Wildman–Crippen MR) is 101 cm³/mol. The molecule has 0 bridgehead atoms. The molecule has 1 fully saturated rings. The van der Waals surface area contributed by atoms with Crippen LogP contribution in [0, 0.1) is 0 Å². The zero-order chi connectivity index (χ0) is 17.1. The molecule has 1 aliphatic rings. The normalized spacial score (nSPS) is 14.6. The Balaban J connectivity index is 1.42. The van der Waals surface area contributed by atoms with E-state index in [9.17, 15) is 4.79 Å². The largest absolute Gasteiger partial charge is 0.365 e. The number of nitrogens with one attached hydrogen (secondary N) is 1. The Morgan fingerprint density at radius 1 is 1.08 bits per heavy atom. The van der Waals surface area contributed by atoms with Gasteiger partial charge in [-0.1, -0.05) is 12.1 Å². The molecule has 3 heterocycles. The van der Waals surface area contributed by atoms with Gasteiger partial charge in [-0.15, -0.1) is 11.3 Å². The summed E-state index contributed by atoms with van der Waals surface area (Å²) < 4.78 is 0. The number of hydrogen-bond donors (Lipinski definition) is 1. The van der Waals surface area contributed by atoms with Crippen LogP contribution in [-0.4, -0.2) is 33.9 Å². The van der Waals surface area contributed by atoms with Crippen LogP contribution in [0.5, 0.6) is 0 Å². The van der Waals surface area contributed by atoms with Crippen molar-refractivity contribution in [1.82, 2.24) is 14.9 Å². The van der Waals surface area contributed by atoms with Crippen LogP contribution in [-0.2, 0) is 6.54 Å². The average molecular weight is 352 g/mol. The number of carbonyl (C=O) groups is 1. The second kappa shape index (κ2) is 7.19. The molecule has 0 spiro atoms. The molecule has 5 nitrogen and oxygen atoms in total. The monoisotopic (exact) mass is 352 g/mol. The topological polar surface area (TPSA) is 58.1 Å². The molecule has 25 heavy (non-hydrogen) atoms. The highest BCUT2D eigenvalue weighted by Gasteiger charge is 2.17. The number of benzene rings is 1. The molecule has 3 aromatic rings. The Labute approximate surface area is 150 Å². The number of likely N-dealkylation sites (tertiary alicyclic amines) is 1. The third-order valence-corrected chi connectivity index (χ3v) is 5.39. The van der Waals surface area contributed by atoms with Crippen LogP contribution in [0.15, 0.2) is 42.0 Å². The lowest BCUT2D eigenvalue weighted by molar-refractivity contribution is 0.0724. The van der Waals surface area contributed by atoms with Crippen LogP contribution >= 0.6 is 11.3 Å². The van der Waals surface area contributed by atoms with Crippen LogP contribution < -0.4 is 5.32 Å². The van der Waals surface area contributed by atoms with Gasteiger partial charge in [0.05, 0.1) is 5.39 Å². The molecule has 1 aromatic carbocycles. The molecule has 1 aliphatic heterocycles. The van der Waals surface area contributed by atoms with Crippen LogP contribution in [0.25, 0.3) is 10.2 Å². The number of rotatable bonds is 4. The van der Waals surface area contributed by atoms with Crippen LogP contribution in [0.4, 0.5) is 5.82 Å². The van der Waals surface area contributed by atoms with Gasteiger partial charge in [0, 0.05) is 25.2 Å². The number of fused-ring (bicyclic) bond motifs is 1. The molecule has 128 valence electrons. The highest BCUT2D eigenvalue weighted by atomic mass is 32.1. The first-order valence-electron chi connectivity index (χ1n) is 8.61. The van der Waals surface area contributed by atoms with Gasteiger partial charge in [0.25, 0.3) is 5.91 Å². The maximum absolute atomic E-state index is 12.5. The van der Waals surface area contributed by atoms with Crippen LogP contribution in [0.3, 0.4) is 0 Å². The second-order valence-electron chi connectivity index (χ2n) is 6.27. The number of aromatic nitrogens is 2. The number of hydrogen-bond acceptors (Lipinski definition) is 5. The van der Waals surface area contributed by atoms with E-state index in [1.807, 2.05) is 40.6 Å². The van der Waals surface area contributed by atoms with Crippen molar-refractivity contribution in [2.24, 2.45) is 0 Å². The Hall–Kier alpha value is -2.47. The molecular weight excluding hydrogens is 332 g/mol. The molecule has 1 saturated heterocycles. The zero-order valence-electron chi connectivity index (χ0n) is 13.9. The lowest BCUT2D eigenvalue weighted by Crippen LogP contribution is -2.35. The lowest BCUT2D eigenvalue weighted by Gasteiger charge is -2.26. The van der Waals surface area contributed by atoms with Gasteiger partial charge in [0.1, 0.15) is 17.0 Å². The van der Waals surface area contributed by atoms with Crippen LogP contribution in [0.1, 0.15) is 35.2 Å². The van der Waals surface area contributed by atoms with Crippen molar-refractivity contribution < 1.29 is 4.79 Å². The number of carbonyl (C=O) groups excluding carboxylic acids is 1. The van der Waals surface area contributed by atoms with Crippen molar-refractivity contribution in [3.8, 4) is 0 Å². The van der Waals surface area contributed by atoms with E-state index < -0.39 is 0 Å². The summed E-state index contributed by atoms with van der Waals surface area (Å²) in [7, 11) is 0. The Bertz CT molecular complexity index is 869. The molecular formula is C19H20N4OS. The Morgan fingerprint density at radius 2 is 1.88 bits per heavy atom. The molecule has 0 radical (unpaired) electrons. The first-order chi connectivity index (χ1) is 12.3. The van der Waals surface area contributed by atoms with Gasteiger partial charge in [-0.05, 0) is 48.4 Å². The molecule has 0 atom stereocenters. The third-order valence-electron chi connectivity index (χ3n) is 4.57. The van der Waals surface area contributed by atoms with E-state index >= 15 is 0 Å². The maximum Gasteiger partial charge on any atom is 0.253 e. The number of thiophene rings is 1. The van der Waals surface area contributed by atoms with Gasteiger partial charge in [-0.25, -0.2) is 9.97 Å². The number of anilines is 1. The molecule has 6 heteroatoms. The highest BCUT2D eigenvalue weighted by molar-refractivity contribution is 7.16. The summed E-state index contributed by atoms with van der Waals surface area (Å²) in [6, 6.07) is 9.90. The van der Waals surface area contributed by atoms with Crippen molar-refractivity contribution in [3.05, 3.63) is 53.2 Å². The number of amides is 1. The fourth-order valence-electron chi connectivity index (χ4n) is 3.16. The van der Waals surface area contributed by atoms with E-state index in [0.717, 1.165) is 53.1 Å². The molecule has 0 unspecified atom stereocenters. The standard InChI is InChI=1S/C19H20N4OS/c24-19(23-9-2-1-3-10-23)15-6-4-14(5-7-15)12-20-17-16-8-11-25-18(16)22-13-21-17/h4-8,11,13H,1-3,9-10,12H2,(H,20,21,22). The summed E-state index contributed by atoms with van der Waals surface area (Å²) >= 11 is 1.61. The summed E-state index contributed by atoms with van der Waals surface area (Å²) in [5.74, 6) is 0.995. The van der Waals surface area contributed by atoms with Gasteiger partial charge < -0.3 is 10.2 Å². The maximum atomic E-state index is 12.5. The van der Waals surface area contributed by atoms with Gasteiger partial charge >= 0.3 is 0 Å². The van der Waals surface area contributed by atoms with Crippen molar-refractivity contribution in [2.45, 2.75) is 25.8 Å². The van der Waals surface area contributed by atoms with E-state index in [4.69, 9.17) is 0 Å². The summed E-state index contributed by atoms with van der Waals surface area (Å²) in [6.45, 7) is 2.43. The molecule has 1 amide bonds. The summed E-state index contributed by atoms with van der Waals surface area (Å²) in [4.78, 5) is 24.0. The minimum Gasteiger partial charge on any atom is -0.365 e. The molecule has 1 N–H and O–H groups in total. The first kappa shape index (κ1) is 16.0. The minimum absolute atomic E-state index is 0.148. The van der Waals surface area contributed by atoms with Crippen molar-refractivity contribution in [1.29, 1.82) is 0 Å². The molecule has 4 rings (SSSR count). The van der Waals surface area contributed by atoms with Gasteiger partial charge in [-0.3, -0.25) is 4.79 Å². The quantitative estimate of drug-likeness (QED) is 0.773. The Kier molecular flexibility index (Phi) is 4.61. The molecule has 0 aliphatic carbocycles. The first-order valence-corrected chi connectivity index (χ1v) is 9.49. The fraction of sp³-hybridized carbons (Fsp3) is 0.316. The number of piperidine rings is 1.